The lowest BCUT2D eigenvalue weighted by atomic mass is 10.2. The average molecular weight is 259 g/mol. The molecule has 1 heterocycles. The van der Waals surface area contributed by atoms with Crippen molar-refractivity contribution in [3.63, 3.8) is 0 Å². The summed E-state index contributed by atoms with van der Waals surface area (Å²) in [5.74, 6) is 0. The molecule has 0 N–H and O–H groups in total. The Morgan fingerprint density at radius 3 is 2.81 bits per heavy atom. The molecular weight excluding hydrogens is 255 g/mol. The summed E-state index contributed by atoms with van der Waals surface area (Å²) in [6, 6.07) is 4.24. The molecule has 0 radical (unpaired) electrons. The van der Waals surface area contributed by atoms with Crippen LogP contribution in [0.1, 0.15) is 10.4 Å². The van der Waals surface area contributed by atoms with E-state index in [4.69, 9.17) is 16.0 Å². The summed E-state index contributed by atoms with van der Waals surface area (Å²) in [5.41, 5.74) is -0.531. The molecule has 2 aromatic rings. The van der Waals surface area contributed by atoms with Crippen molar-refractivity contribution in [1.29, 1.82) is 0 Å². The highest BCUT2D eigenvalue weighted by Gasteiger charge is 2.12. The SMILES string of the molecule is O=C(Cl)c1coc2ccc(SF)cc2c1=O. The van der Waals surface area contributed by atoms with Crippen LogP contribution in [0.3, 0.4) is 0 Å². The summed E-state index contributed by atoms with van der Waals surface area (Å²) in [7, 11) is 0. The van der Waals surface area contributed by atoms with Crippen molar-refractivity contribution in [3.05, 3.63) is 40.2 Å². The standard InChI is InChI=1S/C10H4ClFO3S/c11-10(14)7-4-15-8-2-1-5(16-12)3-6(8)9(7)13/h1-4H. The van der Waals surface area contributed by atoms with E-state index in [1.807, 2.05) is 0 Å². The van der Waals surface area contributed by atoms with Crippen LogP contribution in [0.25, 0.3) is 11.0 Å². The summed E-state index contributed by atoms with van der Waals surface area (Å²) in [6.07, 6.45) is 1.00. The smallest absolute Gasteiger partial charge is 0.259 e. The maximum atomic E-state index is 12.3. The van der Waals surface area contributed by atoms with Gasteiger partial charge in [0.15, 0.2) is 0 Å². The van der Waals surface area contributed by atoms with Gasteiger partial charge in [0, 0.05) is 4.90 Å². The first-order valence-electron chi connectivity index (χ1n) is 4.17. The number of hydrogen-bond acceptors (Lipinski definition) is 4. The molecule has 0 amide bonds. The van der Waals surface area contributed by atoms with E-state index < -0.39 is 10.7 Å². The maximum Gasteiger partial charge on any atom is 0.259 e. The normalized spacial score (nSPS) is 10.6. The number of carbonyl (C=O) groups is 1. The molecule has 0 fully saturated rings. The molecule has 0 unspecified atom stereocenters. The van der Waals surface area contributed by atoms with Crippen molar-refractivity contribution in [2.45, 2.75) is 4.90 Å². The van der Waals surface area contributed by atoms with Crippen LogP contribution in [-0.2, 0) is 0 Å². The second kappa shape index (κ2) is 4.27. The quantitative estimate of drug-likeness (QED) is 0.777. The fourth-order valence-corrected chi connectivity index (χ4v) is 1.71. The van der Waals surface area contributed by atoms with E-state index in [1.165, 1.54) is 18.2 Å². The fourth-order valence-electron chi connectivity index (χ4n) is 1.29. The van der Waals surface area contributed by atoms with Gasteiger partial charge in [-0.05, 0) is 29.8 Å². The van der Waals surface area contributed by atoms with Crippen LogP contribution in [0.2, 0.25) is 0 Å². The zero-order valence-corrected chi connectivity index (χ0v) is 9.27. The first kappa shape index (κ1) is 11.2. The van der Waals surface area contributed by atoms with Gasteiger partial charge in [0.2, 0.25) is 5.43 Å². The van der Waals surface area contributed by atoms with Gasteiger partial charge in [0.05, 0.1) is 17.5 Å². The predicted molar refractivity (Wildman–Crippen MR) is 59.6 cm³/mol. The summed E-state index contributed by atoms with van der Waals surface area (Å²) in [6.45, 7) is 0. The van der Waals surface area contributed by atoms with Crippen LogP contribution in [0.4, 0.5) is 3.89 Å². The van der Waals surface area contributed by atoms with Gasteiger partial charge >= 0.3 is 0 Å². The highest BCUT2D eigenvalue weighted by molar-refractivity contribution is 7.94. The topological polar surface area (TPSA) is 47.3 Å². The van der Waals surface area contributed by atoms with E-state index in [0.29, 0.717) is 0 Å². The molecule has 0 aliphatic heterocycles. The summed E-state index contributed by atoms with van der Waals surface area (Å²) in [4.78, 5) is 22.9. The summed E-state index contributed by atoms with van der Waals surface area (Å²) < 4.78 is 17.4. The fraction of sp³-hybridized carbons (Fsp3) is 0. The van der Waals surface area contributed by atoms with Crippen LogP contribution in [0.15, 0.2) is 38.6 Å². The molecule has 0 aliphatic rings. The molecular formula is C10H4ClFO3S. The van der Waals surface area contributed by atoms with Gasteiger partial charge in [0.1, 0.15) is 17.4 Å². The molecule has 0 saturated carbocycles. The van der Waals surface area contributed by atoms with Gasteiger partial charge in [-0.2, -0.15) is 3.89 Å². The van der Waals surface area contributed by atoms with E-state index in [0.717, 1.165) is 6.26 Å². The van der Waals surface area contributed by atoms with Gasteiger partial charge in [-0.25, -0.2) is 0 Å². The molecule has 0 bridgehead atoms. The van der Waals surface area contributed by atoms with Crippen LogP contribution in [0.5, 0.6) is 0 Å². The van der Waals surface area contributed by atoms with Gasteiger partial charge in [-0.3, -0.25) is 9.59 Å². The Labute approximate surface area is 98.5 Å². The van der Waals surface area contributed by atoms with Crippen molar-refractivity contribution in [2.24, 2.45) is 0 Å². The van der Waals surface area contributed by atoms with Crippen LogP contribution >= 0.6 is 23.7 Å². The second-order valence-electron chi connectivity index (χ2n) is 2.99. The number of carbonyl (C=O) groups excluding carboxylic acids is 1. The maximum absolute atomic E-state index is 12.3. The van der Waals surface area contributed by atoms with Crippen molar-refractivity contribution < 1.29 is 13.1 Å². The Hall–Kier alpha value is -1.33. The monoisotopic (exact) mass is 258 g/mol. The number of fused-ring (bicyclic) bond motifs is 1. The lowest BCUT2D eigenvalue weighted by Crippen LogP contribution is -2.11. The van der Waals surface area contributed by atoms with E-state index in [-0.39, 0.29) is 33.6 Å². The number of benzene rings is 1. The highest BCUT2D eigenvalue weighted by Crippen LogP contribution is 2.22. The Kier molecular flexibility index (Phi) is 2.98. The summed E-state index contributed by atoms with van der Waals surface area (Å²) in [5, 5.41) is -0.761. The number of rotatable bonds is 2. The largest absolute Gasteiger partial charge is 0.463 e. The Balaban J connectivity index is 2.81. The second-order valence-corrected chi connectivity index (χ2v) is 3.96. The van der Waals surface area contributed by atoms with E-state index in [9.17, 15) is 13.5 Å². The zero-order valence-electron chi connectivity index (χ0n) is 7.70. The third kappa shape index (κ3) is 1.83. The van der Waals surface area contributed by atoms with Crippen LogP contribution in [-0.4, -0.2) is 5.24 Å². The van der Waals surface area contributed by atoms with Crippen molar-refractivity contribution >= 4 is 40.0 Å². The van der Waals surface area contributed by atoms with Gasteiger partial charge in [-0.1, -0.05) is 0 Å². The molecule has 1 aromatic carbocycles. The molecule has 82 valence electrons. The Bertz CT molecular complexity index is 623. The molecule has 0 atom stereocenters. The molecule has 0 saturated heterocycles. The molecule has 2 rings (SSSR count). The minimum atomic E-state index is -0.894. The first-order chi connectivity index (χ1) is 7.63. The van der Waals surface area contributed by atoms with Crippen LogP contribution in [0, 0.1) is 0 Å². The van der Waals surface area contributed by atoms with Crippen molar-refractivity contribution in [2.75, 3.05) is 0 Å². The van der Waals surface area contributed by atoms with Gasteiger partial charge in [-0.15, -0.1) is 0 Å². The molecule has 1 aromatic heterocycles. The van der Waals surface area contributed by atoms with Gasteiger partial charge < -0.3 is 4.42 Å². The van der Waals surface area contributed by atoms with Gasteiger partial charge in [0.25, 0.3) is 5.24 Å². The van der Waals surface area contributed by atoms with E-state index in [1.54, 1.807) is 0 Å². The average Bonchev–Trinajstić information content (AvgIpc) is 2.28. The number of hydrogen-bond donors (Lipinski definition) is 0. The minimum absolute atomic E-state index is 0.00812. The highest BCUT2D eigenvalue weighted by atomic mass is 35.5. The third-order valence-electron chi connectivity index (χ3n) is 2.04. The predicted octanol–water partition coefficient (Wildman–Crippen LogP) is 3.15. The molecule has 16 heavy (non-hydrogen) atoms. The summed E-state index contributed by atoms with van der Waals surface area (Å²) >= 11 is 5.21. The number of halogens is 2. The molecule has 0 aliphatic carbocycles. The molecule has 6 heteroatoms. The van der Waals surface area contributed by atoms with E-state index >= 15 is 0 Å². The van der Waals surface area contributed by atoms with Crippen molar-refractivity contribution in [1.82, 2.24) is 0 Å². The minimum Gasteiger partial charge on any atom is -0.463 e. The Morgan fingerprint density at radius 1 is 1.44 bits per heavy atom. The lowest BCUT2D eigenvalue weighted by molar-refractivity contribution is 0.107. The molecule has 3 nitrogen and oxygen atoms in total. The lowest BCUT2D eigenvalue weighted by Gasteiger charge is -1.99. The molecule has 0 spiro atoms. The van der Waals surface area contributed by atoms with Crippen LogP contribution < -0.4 is 5.43 Å². The van der Waals surface area contributed by atoms with Crippen molar-refractivity contribution in [3.8, 4) is 0 Å². The first-order valence-corrected chi connectivity index (χ1v) is 5.27. The van der Waals surface area contributed by atoms with E-state index in [2.05, 4.69) is 0 Å². The third-order valence-corrected chi connectivity index (χ3v) is 2.68. The zero-order chi connectivity index (χ0) is 11.7. The Morgan fingerprint density at radius 2 is 2.19 bits per heavy atom.